The lowest BCUT2D eigenvalue weighted by atomic mass is 9.91. The van der Waals surface area contributed by atoms with Crippen LogP contribution >= 0.6 is 0 Å². The lowest BCUT2D eigenvalue weighted by Gasteiger charge is -2.22. The molecule has 18 nitrogen and oxygen atoms in total. The molecule has 1 saturated carbocycles. The highest BCUT2D eigenvalue weighted by molar-refractivity contribution is 5.89. The molecule has 18 heteroatoms. The number of benzene rings is 2. The first kappa shape index (κ1) is 35.6. The molecule has 1 aliphatic carbocycles. The van der Waals surface area contributed by atoms with Gasteiger partial charge in [-0.2, -0.15) is 14.8 Å². The Morgan fingerprint density at radius 3 is 2.36 bits per heavy atom. The molecule has 2 amide bonds. The van der Waals surface area contributed by atoms with Crippen molar-refractivity contribution >= 4 is 34.6 Å². The first-order chi connectivity index (χ1) is 26.7. The SMILES string of the molecule is CCc1nnn([C@H]2C[C@@H](n3cnc4c(NCC(c5ccc(O)cc5)c5ccc(O)cc5)nc(N5CCC(NC(=O)Nc6cccnc6)C5)nc43)[C@H](O)[C@@H]2O)n1. The molecule has 7 N–H and O–H groups in total. The molecule has 6 aromatic rings. The molecule has 5 atom stereocenters. The van der Waals surface area contributed by atoms with Gasteiger partial charge in [-0.15, -0.1) is 10.2 Å². The molecule has 55 heavy (non-hydrogen) atoms. The molecule has 0 spiro atoms. The Morgan fingerprint density at radius 1 is 0.964 bits per heavy atom. The number of aromatic hydroxyl groups is 2. The van der Waals surface area contributed by atoms with Crippen molar-refractivity contribution < 1.29 is 25.2 Å². The molecule has 4 aromatic heterocycles. The highest BCUT2D eigenvalue weighted by Crippen LogP contribution is 2.40. The van der Waals surface area contributed by atoms with Crippen molar-refractivity contribution in [2.45, 2.75) is 62.4 Å². The summed E-state index contributed by atoms with van der Waals surface area (Å²) in [5.41, 5.74) is 3.33. The van der Waals surface area contributed by atoms with E-state index < -0.39 is 24.3 Å². The molecule has 0 bridgehead atoms. The molecule has 2 fully saturated rings. The van der Waals surface area contributed by atoms with Crippen molar-refractivity contribution in [3.05, 3.63) is 96.3 Å². The number of imidazole rings is 1. The van der Waals surface area contributed by atoms with Crippen molar-refractivity contribution in [3.8, 4) is 11.5 Å². The lowest BCUT2D eigenvalue weighted by molar-refractivity contribution is 0.00473. The molecule has 0 radical (unpaired) electrons. The van der Waals surface area contributed by atoms with E-state index >= 15 is 0 Å². The molecular weight excluding hydrogens is 706 g/mol. The molecule has 1 saturated heterocycles. The second kappa shape index (κ2) is 15.2. The Morgan fingerprint density at radius 2 is 1.69 bits per heavy atom. The fourth-order valence-corrected chi connectivity index (χ4v) is 7.33. The summed E-state index contributed by atoms with van der Waals surface area (Å²) >= 11 is 0. The number of aliphatic hydroxyl groups excluding tert-OH is 2. The van der Waals surface area contributed by atoms with Crippen LogP contribution in [0.1, 0.15) is 54.7 Å². The van der Waals surface area contributed by atoms with Gasteiger partial charge >= 0.3 is 6.03 Å². The minimum Gasteiger partial charge on any atom is -0.508 e. The summed E-state index contributed by atoms with van der Waals surface area (Å²) < 4.78 is 1.77. The first-order valence-electron chi connectivity index (χ1n) is 18.2. The van der Waals surface area contributed by atoms with Crippen LogP contribution in [0.2, 0.25) is 0 Å². The van der Waals surface area contributed by atoms with E-state index in [4.69, 9.17) is 15.0 Å². The average molecular weight is 748 g/mol. The maximum atomic E-state index is 12.8. The number of hydrogen-bond donors (Lipinski definition) is 7. The van der Waals surface area contributed by atoms with E-state index in [9.17, 15) is 25.2 Å². The molecule has 284 valence electrons. The van der Waals surface area contributed by atoms with Crippen molar-refractivity contribution in [1.29, 1.82) is 0 Å². The van der Waals surface area contributed by atoms with E-state index in [1.165, 1.54) is 4.80 Å². The topological polar surface area (TPSA) is 237 Å². The number of anilines is 3. The number of aromatic nitrogens is 9. The number of phenolic OH excluding ortho intramolecular Hbond substituents is 2. The van der Waals surface area contributed by atoms with Gasteiger partial charge < -0.3 is 45.8 Å². The van der Waals surface area contributed by atoms with Crippen LogP contribution in [0.3, 0.4) is 0 Å². The predicted octanol–water partition coefficient (Wildman–Crippen LogP) is 2.73. The molecule has 8 rings (SSSR count). The fourth-order valence-electron chi connectivity index (χ4n) is 7.33. The van der Waals surface area contributed by atoms with Crippen LogP contribution in [0.25, 0.3) is 11.2 Å². The molecule has 2 aromatic carbocycles. The van der Waals surface area contributed by atoms with Crippen molar-refractivity contribution in [2.24, 2.45) is 0 Å². The third-order valence-electron chi connectivity index (χ3n) is 10.3. The van der Waals surface area contributed by atoms with E-state index in [0.717, 1.165) is 11.1 Å². The Labute approximate surface area is 314 Å². The predicted molar refractivity (Wildman–Crippen MR) is 201 cm³/mol. The van der Waals surface area contributed by atoms with E-state index in [1.54, 1.807) is 59.7 Å². The maximum absolute atomic E-state index is 12.8. The van der Waals surface area contributed by atoms with E-state index in [1.807, 2.05) is 36.1 Å². The number of aliphatic hydroxyl groups is 2. The van der Waals surface area contributed by atoms with Gasteiger partial charge in [0.2, 0.25) is 5.95 Å². The van der Waals surface area contributed by atoms with Gasteiger partial charge in [0, 0.05) is 44.2 Å². The minimum absolute atomic E-state index is 0.147. The summed E-state index contributed by atoms with van der Waals surface area (Å²) in [4.78, 5) is 34.9. The number of pyridine rings is 1. The number of rotatable bonds is 11. The van der Waals surface area contributed by atoms with Crippen molar-refractivity contribution in [1.82, 2.24) is 50.0 Å². The van der Waals surface area contributed by atoms with Crippen LogP contribution < -0.4 is 20.9 Å². The summed E-state index contributed by atoms with van der Waals surface area (Å²) in [6.07, 6.45) is 3.98. The number of phenols is 2. The highest BCUT2D eigenvalue weighted by Gasteiger charge is 2.45. The van der Waals surface area contributed by atoms with Gasteiger partial charge in [0.25, 0.3) is 0 Å². The van der Waals surface area contributed by atoms with Crippen molar-refractivity contribution in [3.63, 3.8) is 0 Å². The number of fused-ring (bicyclic) bond motifs is 1. The van der Waals surface area contributed by atoms with Crippen LogP contribution in [0.4, 0.5) is 22.2 Å². The average Bonchev–Trinajstić information content (AvgIpc) is 4.01. The first-order valence-corrected chi connectivity index (χ1v) is 18.2. The molecule has 1 aliphatic heterocycles. The second-order valence-electron chi connectivity index (χ2n) is 13.8. The number of tetrazole rings is 1. The second-order valence-corrected chi connectivity index (χ2v) is 13.8. The summed E-state index contributed by atoms with van der Waals surface area (Å²) in [6.45, 7) is 3.27. The van der Waals surface area contributed by atoms with E-state index in [-0.39, 0.29) is 29.5 Å². The Kier molecular flexibility index (Phi) is 9.81. The minimum atomic E-state index is -1.18. The maximum Gasteiger partial charge on any atom is 0.319 e. The number of nitrogens with zero attached hydrogens (tertiary/aromatic N) is 10. The van der Waals surface area contributed by atoms with Gasteiger partial charge in [-0.1, -0.05) is 31.2 Å². The lowest BCUT2D eigenvalue weighted by Crippen LogP contribution is -2.40. The number of carbonyl (C=O) groups excluding carboxylic acids is 1. The number of nitrogens with one attached hydrogen (secondary N) is 3. The van der Waals surface area contributed by atoms with Crippen molar-refractivity contribution in [2.75, 3.05) is 35.2 Å². The van der Waals surface area contributed by atoms with Crippen LogP contribution in [0.15, 0.2) is 79.4 Å². The largest absolute Gasteiger partial charge is 0.508 e. The van der Waals surface area contributed by atoms with E-state index in [0.29, 0.717) is 73.3 Å². The van der Waals surface area contributed by atoms with Gasteiger partial charge in [0.15, 0.2) is 22.8 Å². The number of aryl methyl sites for hydroxylation is 1. The fraction of sp³-hybridized carbons (Fsp3) is 0.351. The summed E-state index contributed by atoms with van der Waals surface area (Å²) in [5, 5.41) is 64.5. The quantitative estimate of drug-likeness (QED) is 0.101. The number of carbonyl (C=O) groups is 1. The summed E-state index contributed by atoms with van der Waals surface area (Å²) in [6, 6.07) is 15.6. The molecule has 5 heterocycles. The standard InChI is InChI=1S/C37H41N13O5/c1-2-30-45-47-50(46-30)29-16-28(32(53)33(29)54)49-20-40-31-34(39-18-27(21-5-9-25(51)10-6-21)22-7-11-26(52)12-8-22)43-36(44-35(31)49)48-15-13-24(19-48)42-37(55)41-23-4-3-14-38-17-23/h3-12,14,17,20,24,27-29,32-33,51-54H,2,13,15-16,18-19H2,1H3,(H,39,43,44)(H2,41,42,55)/t24?,28-,29+,32+,33-/m1/s1. The molecule has 1 unspecified atom stereocenters. The molecular formula is C37H41N13O5. The van der Waals surface area contributed by atoms with Gasteiger partial charge in [0.1, 0.15) is 29.7 Å². The monoisotopic (exact) mass is 747 g/mol. The Bertz CT molecular complexity index is 2200. The highest BCUT2D eigenvalue weighted by atomic mass is 16.3. The van der Waals surface area contributed by atoms with Gasteiger partial charge in [-0.05, 0) is 65.6 Å². The normalized spacial score (nSPS) is 21.0. The van der Waals surface area contributed by atoms with Gasteiger partial charge in [-0.3, -0.25) is 4.98 Å². The zero-order valence-electron chi connectivity index (χ0n) is 29.9. The Balaban J connectivity index is 1.11. The van der Waals surface area contributed by atoms with E-state index in [2.05, 4.69) is 36.3 Å². The third kappa shape index (κ3) is 7.41. The summed E-state index contributed by atoms with van der Waals surface area (Å²) in [7, 11) is 0. The number of amides is 2. The zero-order chi connectivity index (χ0) is 38.1. The van der Waals surface area contributed by atoms with Crippen LogP contribution in [0.5, 0.6) is 11.5 Å². The molecule has 2 aliphatic rings. The van der Waals surface area contributed by atoms with Crippen LogP contribution in [0, 0.1) is 0 Å². The number of hydrogen-bond acceptors (Lipinski definition) is 14. The Hall–Kier alpha value is -6.40. The van der Waals surface area contributed by atoms with Crippen LogP contribution in [-0.4, -0.2) is 109 Å². The zero-order valence-corrected chi connectivity index (χ0v) is 29.9. The van der Waals surface area contributed by atoms with Gasteiger partial charge in [-0.25, -0.2) is 9.78 Å². The summed E-state index contributed by atoms with van der Waals surface area (Å²) in [5.74, 6) is 1.46. The number of urea groups is 1. The smallest absolute Gasteiger partial charge is 0.319 e. The third-order valence-corrected chi connectivity index (χ3v) is 10.3. The van der Waals surface area contributed by atoms with Gasteiger partial charge in [0.05, 0.1) is 24.3 Å². The van der Waals surface area contributed by atoms with Crippen LogP contribution in [-0.2, 0) is 6.42 Å².